The highest BCUT2D eigenvalue weighted by atomic mass is 16.5. The molecule has 1 aromatic carbocycles. The SMILES string of the molecule is COCCOc1cc(C)ccc1NC(=O)C1CCCC1N. The smallest absolute Gasteiger partial charge is 0.229 e. The van der Waals surface area contributed by atoms with Crippen LogP contribution in [-0.2, 0) is 9.53 Å². The average molecular weight is 292 g/mol. The van der Waals surface area contributed by atoms with Gasteiger partial charge in [-0.2, -0.15) is 0 Å². The van der Waals surface area contributed by atoms with Gasteiger partial charge in [-0.3, -0.25) is 4.79 Å². The number of benzene rings is 1. The van der Waals surface area contributed by atoms with Crippen LogP contribution in [0.4, 0.5) is 5.69 Å². The summed E-state index contributed by atoms with van der Waals surface area (Å²) in [5.74, 6) is 0.561. The van der Waals surface area contributed by atoms with Crippen LogP contribution >= 0.6 is 0 Å². The zero-order valence-corrected chi connectivity index (χ0v) is 12.7. The maximum absolute atomic E-state index is 12.3. The Hall–Kier alpha value is -1.59. The molecule has 1 aromatic rings. The third-order valence-electron chi connectivity index (χ3n) is 3.85. The molecule has 1 amide bonds. The van der Waals surface area contributed by atoms with Crippen molar-refractivity contribution in [2.45, 2.75) is 32.2 Å². The first kappa shape index (κ1) is 15.8. The van der Waals surface area contributed by atoms with E-state index in [1.807, 2.05) is 25.1 Å². The van der Waals surface area contributed by atoms with Gasteiger partial charge < -0.3 is 20.5 Å². The van der Waals surface area contributed by atoms with Crippen molar-refractivity contribution in [1.29, 1.82) is 0 Å². The summed E-state index contributed by atoms with van der Waals surface area (Å²) in [7, 11) is 1.63. The fourth-order valence-electron chi connectivity index (χ4n) is 2.63. The van der Waals surface area contributed by atoms with E-state index < -0.39 is 0 Å². The van der Waals surface area contributed by atoms with E-state index in [0.29, 0.717) is 24.7 Å². The van der Waals surface area contributed by atoms with Crippen LogP contribution in [0, 0.1) is 12.8 Å². The number of hydrogen-bond acceptors (Lipinski definition) is 4. The van der Waals surface area contributed by atoms with Crippen LogP contribution in [0.15, 0.2) is 18.2 Å². The fraction of sp³-hybridized carbons (Fsp3) is 0.562. The molecule has 1 saturated carbocycles. The minimum atomic E-state index is -0.0990. The number of methoxy groups -OCH3 is 1. The highest BCUT2D eigenvalue weighted by Gasteiger charge is 2.30. The third-order valence-corrected chi connectivity index (χ3v) is 3.85. The molecular formula is C16H24N2O3. The Kier molecular flexibility index (Phi) is 5.59. The number of carbonyl (C=O) groups excluding carboxylic acids is 1. The van der Waals surface area contributed by atoms with E-state index in [2.05, 4.69) is 5.32 Å². The molecule has 3 N–H and O–H groups in total. The van der Waals surface area contributed by atoms with E-state index in [0.717, 1.165) is 24.8 Å². The minimum absolute atomic E-state index is 0.0135. The summed E-state index contributed by atoms with van der Waals surface area (Å²) in [6.07, 6.45) is 2.80. The number of nitrogens with two attached hydrogens (primary N) is 1. The molecule has 2 rings (SSSR count). The number of ether oxygens (including phenoxy) is 2. The number of amides is 1. The summed E-state index contributed by atoms with van der Waals surface area (Å²) in [6.45, 7) is 2.95. The average Bonchev–Trinajstić information content (AvgIpc) is 2.88. The van der Waals surface area contributed by atoms with Crippen molar-refractivity contribution in [2.75, 3.05) is 25.6 Å². The molecule has 116 valence electrons. The molecule has 2 unspecified atom stereocenters. The summed E-state index contributed by atoms with van der Waals surface area (Å²) in [5.41, 5.74) is 7.76. The lowest BCUT2D eigenvalue weighted by molar-refractivity contribution is -0.120. The van der Waals surface area contributed by atoms with Crippen LogP contribution in [-0.4, -0.2) is 32.3 Å². The first-order valence-electron chi connectivity index (χ1n) is 7.40. The number of nitrogens with one attached hydrogen (secondary N) is 1. The third kappa shape index (κ3) is 4.19. The van der Waals surface area contributed by atoms with E-state index in [-0.39, 0.29) is 17.9 Å². The summed E-state index contributed by atoms with van der Waals surface area (Å²) in [4.78, 5) is 12.3. The normalized spacial score (nSPS) is 21.3. The maximum Gasteiger partial charge on any atom is 0.229 e. The van der Waals surface area contributed by atoms with Gasteiger partial charge in [-0.15, -0.1) is 0 Å². The van der Waals surface area contributed by atoms with Crippen molar-refractivity contribution >= 4 is 11.6 Å². The molecule has 0 aromatic heterocycles. The van der Waals surface area contributed by atoms with Crippen LogP contribution in [0.2, 0.25) is 0 Å². The molecule has 1 aliphatic carbocycles. The van der Waals surface area contributed by atoms with E-state index in [9.17, 15) is 4.79 Å². The Morgan fingerprint density at radius 1 is 1.38 bits per heavy atom. The van der Waals surface area contributed by atoms with Gasteiger partial charge in [0, 0.05) is 13.2 Å². The molecule has 0 saturated heterocycles. The Balaban J connectivity index is 2.05. The summed E-state index contributed by atoms with van der Waals surface area (Å²) >= 11 is 0. The number of anilines is 1. The maximum atomic E-state index is 12.3. The van der Waals surface area contributed by atoms with Gasteiger partial charge in [-0.05, 0) is 37.5 Å². The van der Waals surface area contributed by atoms with Gasteiger partial charge in [0.1, 0.15) is 12.4 Å². The van der Waals surface area contributed by atoms with Crippen molar-refractivity contribution in [1.82, 2.24) is 0 Å². The van der Waals surface area contributed by atoms with Gasteiger partial charge in [-0.1, -0.05) is 12.5 Å². The van der Waals surface area contributed by atoms with Gasteiger partial charge >= 0.3 is 0 Å². The molecule has 0 heterocycles. The monoisotopic (exact) mass is 292 g/mol. The number of rotatable bonds is 6. The van der Waals surface area contributed by atoms with Gasteiger partial charge in [0.05, 0.1) is 18.2 Å². The predicted octanol–water partition coefficient (Wildman–Crippen LogP) is 2.09. The van der Waals surface area contributed by atoms with Crippen molar-refractivity contribution in [2.24, 2.45) is 11.7 Å². The quantitative estimate of drug-likeness (QED) is 0.787. The molecule has 5 nitrogen and oxygen atoms in total. The lowest BCUT2D eigenvalue weighted by Crippen LogP contribution is -2.34. The highest BCUT2D eigenvalue weighted by molar-refractivity contribution is 5.94. The summed E-state index contributed by atoms with van der Waals surface area (Å²) < 4.78 is 10.7. The largest absolute Gasteiger partial charge is 0.489 e. The Morgan fingerprint density at radius 3 is 2.86 bits per heavy atom. The molecule has 0 bridgehead atoms. The number of hydrogen-bond donors (Lipinski definition) is 2. The molecule has 0 aliphatic heterocycles. The topological polar surface area (TPSA) is 73.6 Å². The summed E-state index contributed by atoms with van der Waals surface area (Å²) in [6, 6.07) is 5.71. The molecule has 0 radical (unpaired) electrons. The standard InChI is InChI=1S/C16H24N2O3/c1-11-6-7-14(15(10-11)21-9-8-20-2)18-16(19)12-4-3-5-13(12)17/h6-7,10,12-13H,3-5,8-9,17H2,1-2H3,(H,18,19). The molecular weight excluding hydrogens is 268 g/mol. The van der Waals surface area contributed by atoms with Crippen molar-refractivity contribution in [3.63, 3.8) is 0 Å². The second kappa shape index (κ2) is 7.43. The van der Waals surface area contributed by atoms with Crippen molar-refractivity contribution < 1.29 is 14.3 Å². The van der Waals surface area contributed by atoms with Gasteiger partial charge in [0.15, 0.2) is 0 Å². The lowest BCUT2D eigenvalue weighted by Gasteiger charge is -2.17. The first-order valence-corrected chi connectivity index (χ1v) is 7.40. The molecule has 21 heavy (non-hydrogen) atoms. The van der Waals surface area contributed by atoms with Crippen molar-refractivity contribution in [3.05, 3.63) is 23.8 Å². The Morgan fingerprint density at radius 2 is 2.19 bits per heavy atom. The van der Waals surface area contributed by atoms with E-state index in [1.165, 1.54) is 0 Å². The number of aryl methyl sites for hydroxylation is 1. The lowest BCUT2D eigenvalue weighted by atomic mass is 10.0. The molecule has 5 heteroatoms. The molecule has 0 spiro atoms. The second-order valence-electron chi connectivity index (χ2n) is 5.53. The summed E-state index contributed by atoms with van der Waals surface area (Å²) in [5, 5.41) is 2.95. The van der Waals surface area contributed by atoms with Crippen LogP contribution in [0.1, 0.15) is 24.8 Å². The van der Waals surface area contributed by atoms with E-state index >= 15 is 0 Å². The van der Waals surface area contributed by atoms with Crippen LogP contribution < -0.4 is 15.8 Å². The van der Waals surface area contributed by atoms with Crippen LogP contribution in [0.5, 0.6) is 5.75 Å². The zero-order chi connectivity index (χ0) is 15.2. The van der Waals surface area contributed by atoms with Crippen LogP contribution in [0.25, 0.3) is 0 Å². The molecule has 1 fully saturated rings. The second-order valence-corrected chi connectivity index (χ2v) is 5.53. The number of carbonyl (C=O) groups is 1. The van der Waals surface area contributed by atoms with Crippen LogP contribution in [0.3, 0.4) is 0 Å². The van der Waals surface area contributed by atoms with E-state index in [1.54, 1.807) is 7.11 Å². The highest BCUT2D eigenvalue weighted by Crippen LogP contribution is 2.29. The molecule has 2 atom stereocenters. The van der Waals surface area contributed by atoms with E-state index in [4.69, 9.17) is 15.2 Å². The Bertz CT molecular complexity index is 490. The first-order chi connectivity index (χ1) is 10.1. The molecule has 1 aliphatic rings. The predicted molar refractivity (Wildman–Crippen MR) is 82.5 cm³/mol. The Labute approximate surface area is 125 Å². The fourth-order valence-corrected chi connectivity index (χ4v) is 2.63. The van der Waals surface area contributed by atoms with Gasteiger partial charge in [0.25, 0.3) is 0 Å². The zero-order valence-electron chi connectivity index (χ0n) is 12.7. The minimum Gasteiger partial charge on any atom is -0.489 e. The van der Waals surface area contributed by atoms with Crippen molar-refractivity contribution in [3.8, 4) is 5.75 Å². The van der Waals surface area contributed by atoms with Gasteiger partial charge in [-0.25, -0.2) is 0 Å². The van der Waals surface area contributed by atoms with Gasteiger partial charge in [0.2, 0.25) is 5.91 Å².